The van der Waals surface area contributed by atoms with Gasteiger partial charge in [-0.2, -0.15) is 0 Å². The SMILES string of the molecule is Cc1ccc(S(=O)(=O)NC[C@@H]2COC[C@H]2O)cc1. The van der Waals surface area contributed by atoms with Crippen molar-refractivity contribution in [3.8, 4) is 0 Å². The molecule has 1 aromatic carbocycles. The van der Waals surface area contributed by atoms with Gasteiger partial charge in [0.25, 0.3) is 0 Å². The van der Waals surface area contributed by atoms with Crippen molar-refractivity contribution in [1.29, 1.82) is 0 Å². The van der Waals surface area contributed by atoms with Crippen molar-refractivity contribution in [2.24, 2.45) is 5.92 Å². The van der Waals surface area contributed by atoms with E-state index in [1.54, 1.807) is 24.3 Å². The van der Waals surface area contributed by atoms with Crippen molar-refractivity contribution in [1.82, 2.24) is 4.72 Å². The molecule has 1 fully saturated rings. The molecule has 0 unspecified atom stereocenters. The first-order valence-electron chi connectivity index (χ1n) is 5.81. The fraction of sp³-hybridized carbons (Fsp3) is 0.500. The summed E-state index contributed by atoms with van der Waals surface area (Å²) in [7, 11) is -3.50. The fourth-order valence-corrected chi connectivity index (χ4v) is 2.89. The first-order valence-corrected chi connectivity index (χ1v) is 7.29. The molecule has 100 valence electrons. The van der Waals surface area contributed by atoms with Crippen LogP contribution in [0.2, 0.25) is 0 Å². The maximum absolute atomic E-state index is 12.0. The van der Waals surface area contributed by atoms with E-state index in [4.69, 9.17) is 4.74 Å². The molecule has 0 radical (unpaired) electrons. The van der Waals surface area contributed by atoms with Crippen LogP contribution in [0, 0.1) is 12.8 Å². The van der Waals surface area contributed by atoms with E-state index in [-0.39, 0.29) is 24.0 Å². The standard InChI is InChI=1S/C12H17NO4S/c1-9-2-4-11(5-3-9)18(15,16)13-6-10-7-17-8-12(10)14/h2-5,10,12-14H,6-8H2,1H3/t10-,12-/m1/s1. The van der Waals surface area contributed by atoms with Crippen molar-refractivity contribution in [3.63, 3.8) is 0 Å². The van der Waals surface area contributed by atoms with Crippen LogP contribution >= 0.6 is 0 Å². The van der Waals surface area contributed by atoms with E-state index < -0.39 is 16.1 Å². The Balaban J connectivity index is 2.01. The molecule has 1 aliphatic rings. The number of aliphatic hydroxyl groups excluding tert-OH is 1. The second-order valence-electron chi connectivity index (χ2n) is 4.53. The zero-order chi connectivity index (χ0) is 13.2. The Morgan fingerprint density at radius 3 is 2.56 bits per heavy atom. The van der Waals surface area contributed by atoms with Gasteiger partial charge in [0.05, 0.1) is 24.2 Å². The van der Waals surface area contributed by atoms with Gasteiger partial charge in [-0.05, 0) is 19.1 Å². The van der Waals surface area contributed by atoms with Gasteiger partial charge >= 0.3 is 0 Å². The van der Waals surface area contributed by atoms with Crippen LogP contribution in [0.4, 0.5) is 0 Å². The minimum absolute atomic E-state index is 0.176. The number of aryl methyl sites for hydroxylation is 1. The molecule has 1 heterocycles. The van der Waals surface area contributed by atoms with Gasteiger partial charge in [0.1, 0.15) is 0 Å². The van der Waals surface area contributed by atoms with E-state index in [0.29, 0.717) is 6.61 Å². The van der Waals surface area contributed by atoms with Crippen LogP contribution in [0.15, 0.2) is 29.2 Å². The molecule has 0 saturated carbocycles. The van der Waals surface area contributed by atoms with Gasteiger partial charge in [-0.25, -0.2) is 13.1 Å². The number of aliphatic hydroxyl groups is 1. The average Bonchev–Trinajstić information content (AvgIpc) is 2.73. The summed E-state index contributed by atoms with van der Waals surface area (Å²) in [5.41, 5.74) is 1.01. The van der Waals surface area contributed by atoms with E-state index in [1.807, 2.05) is 6.92 Å². The number of hydrogen-bond donors (Lipinski definition) is 2. The lowest BCUT2D eigenvalue weighted by atomic mass is 10.1. The molecule has 0 aromatic heterocycles. The van der Waals surface area contributed by atoms with Crippen LogP contribution in [0.5, 0.6) is 0 Å². The Hall–Kier alpha value is -0.950. The Bertz CT molecular complexity index is 497. The molecule has 2 rings (SSSR count). The highest BCUT2D eigenvalue weighted by Gasteiger charge is 2.27. The molecular formula is C12H17NO4S. The van der Waals surface area contributed by atoms with Gasteiger partial charge in [0, 0.05) is 12.5 Å². The molecule has 2 atom stereocenters. The second-order valence-corrected chi connectivity index (χ2v) is 6.30. The number of ether oxygens (including phenoxy) is 1. The summed E-state index contributed by atoms with van der Waals surface area (Å²) in [6.45, 7) is 2.75. The Morgan fingerprint density at radius 1 is 1.33 bits per heavy atom. The van der Waals surface area contributed by atoms with Gasteiger partial charge in [-0.15, -0.1) is 0 Å². The number of sulfonamides is 1. The van der Waals surface area contributed by atoms with Crippen LogP contribution in [0.25, 0.3) is 0 Å². The molecule has 1 saturated heterocycles. The van der Waals surface area contributed by atoms with Crippen molar-refractivity contribution < 1.29 is 18.3 Å². The third-order valence-corrected chi connectivity index (χ3v) is 4.47. The third-order valence-electron chi connectivity index (χ3n) is 3.03. The summed E-state index contributed by atoms with van der Waals surface area (Å²) in [5, 5.41) is 9.53. The number of hydrogen-bond acceptors (Lipinski definition) is 4. The molecule has 18 heavy (non-hydrogen) atoms. The van der Waals surface area contributed by atoms with Crippen molar-refractivity contribution in [2.45, 2.75) is 17.9 Å². The lowest BCUT2D eigenvalue weighted by molar-refractivity contribution is 0.119. The lowest BCUT2D eigenvalue weighted by Gasteiger charge is -2.13. The summed E-state index contributed by atoms with van der Waals surface area (Å²) in [5.74, 6) is -0.176. The number of rotatable bonds is 4. The number of nitrogens with one attached hydrogen (secondary N) is 1. The molecule has 0 bridgehead atoms. The zero-order valence-corrected chi connectivity index (χ0v) is 11.0. The van der Waals surface area contributed by atoms with Crippen LogP contribution in [-0.2, 0) is 14.8 Å². The second kappa shape index (κ2) is 5.36. The van der Waals surface area contributed by atoms with Gasteiger partial charge in [0.15, 0.2) is 0 Å². The fourth-order valence-electron chi connectivity index (χ4n) is 1.80. The topological polar surface area (TPSA) is 75.6 Å². The van der Waals surface area contributed by atoms with E-state index in [2.05, 4.69) is 4.72 Å². The normalized spacial score (nSPS) is 24.3. The largest absolute Gasteiger partial charge is 0.390 e. The van der Waals surface area contributed by atoms with Crippen LogP contribution in [0.1, 0.15) is 5.56 Å². The predicted molar refractivity (Wildman–Crippen MR) is 66.7 cm³/mol. The van der Waals surface area contributed by atoms with Crippen molar-refractivity contribution >= 4 is 10.0 Å². The van der Waals surface area contributed by atoms with Crippen LogP contribution < -0.4 is 4.72 Å². The summed E-state index contributed by atoms with van der Waals surface area (Å²) in [6.07, 6.45) is -0.592. The summed E-state index contributed by atoms with van der Waals surface area (Å²) < 4.78 is 31.5. The summed E-state index contributed by atoms with van der Waals surface area (Å²) in [6, 6.07) is 6.64. The monoisotopic (exact) mass is 271 g/mol. The molecule has 1 aromatic rings. The molecule has 5 nitrogen and oxygen atoms in total. The smallest absolute Gasteiger partial charge is 0.240 e. The summed E-state index contributed by atoms with van der Waals surface area (Å²) in [4.78, 5) is 0.238. The Labute approximate surface area is 107 Å². The van der Waals surface area contributed by atoms with Crippen LogP contribution in [0.3, 0.4) is 0 Å². The van der Waals surface area contributed by atoms with E-state index >= 15 is 0 Å². The minimum Gasteiger partial charge on any atom is -0.390 e. The highest BCUT2D eigenvalue weighted by atomic mass is 32.2. The Kier molecular flexibility index (Phi) is 4.01. The highest BCUT2D eigenvalue weighted by molar-refractivity contribution is 7.89. The van der Waals surface area contributed by atoms with Crippen molar-refractivity contribution in [3.05, 3.63) is 29.8 Å². The Morgan fingerprint density at radius 2 is 2.00 bits per heavy atom. The minimum atomic E-state index is -3.50. The molecule has 0 aliphatic carbocycles. The van der Waals surface area contributed by atoms with Gasteiger partial charge in [0.2, 0.25) is 10.0 Å². The third kappa shape index (κ3) is 3.08. The molecule has 6 heteroatoms. The maximum Gasteiger partial charge on any atom is 0.240 e. The van der Waals surface area contributed by atoms with Crippen LogP contribution in [-0.4, -0.2) is 39.4 Å². The van der Waals surface area contributed by atoms with Gasteiger partial charge < -0.3 is 9.84 Å². The lowest BCUT2D eigenvalue weighted by Crippen LogP contribution is -2.34. The van der Waals surface area contributed by atoms with E-state index in [1.165, 1.54) is 0 Å². The van der Waals surface area contributed by atoms with E-state index in [9.17, 15) is 13.5 Å². The first-order chi connectivity index (χ1) is 8.49. The molecule has 2 N–H and O–H groups in total. The number of benzene rings is 1. The average molecular weight is 271 g/mol. The first kappa shape index (κ1) is 13.5. The quantitative estimate of drug-likeness (QED) is 0.825. The molecule has 0 spiro atoms. The maximum atomic E-state index is 12.0. The molecular weight excluding hydrogens is 254 g/mol. The molecule has 0 amide bonds. The van der Waals surface area contributed by atoms with E-state index in [0.717, 1.165) is 5.56 Å². The molecule has 1 aliphatic heterocycles. The highest BCUT2D eigenvalue weighted by Crippen LogP contribution is 2.14. The predicted octanol–water partition coefficient (Wildman–Crippen LogP) is 0.281. The zero-order valence-electron chi connectivity index (χ0n) is 10.2. The van der Waals surface area contributed by atoms with Gasteiger partial charge in [-0.3, -0.25) is 0 Å². The van der Waals surface area contributed by atoms with Crippen molar-refractivity contribution in [2.75, 3.05) is 19.8 Å². The summed E-state index contributed by atoms with van der Waals surface area (Å²) >= 11 is 0. The van der Waals surface area contributed by atoms with Gasteiger partial charge in [-0.1, -0.05) is 17.7 Å².